The Hall–Kier alpha value is -4.07. The molecule has 0 aliphatic carbocycles. The number of nitrogens with zero attached hydrogens (tertiary/aromatic N) is 4. The summed E-state index contributed by atoms with van der Waals surface area (Å²) in [6.45, 7) is 6.22. The van der Waals surface area contributed by atoms with Crippen LogP contribution >= 0.6 is 23.4 Å². The Kier molecular flexibility index (Phi) is 6.86. The number of ether oxygens (including phenoxy) is 1. The van der Waals surface area contributed by atoms with Gasteiger partial charge in [-0.15, -0.1) is 0 Å². The monoisotopic (exact) mass is 566 g/mol. The molecule has 4 aromatic carbocycles. The van der Waals surface area contributed by atoms with Crippen LogP contribution in [0.2, 0.25) is 5.02 Å². The molecule has 2 heterocycles. The highest BCUT2D eigenvalue weighted by molar-refractivity contribution is 8.16. The van der Waals surface area contributed by atoms with Crippen LogP contribution in [0.25, 0.3) is 0 Å². The quantitative estimate of drug-likeness (QED) is 0.235. The van der Waals surface area contributed by atoms with Crippen LogP contribution < -0.4 is 10.0 Å². The Balaban J connectivity index is 1.67. The molecular formula is C32H27ClN4O2S. The van der Waals surface area contributed by atoms with Crippen molar-refractivity contribution < 1.29 is 9.53 Å². The van der Waals surface area contributed by atoms with E-state index in [4.69, 9.17) is 26.5 Å². The van der Waals surface area contributed by atoms with E-state index in [0.717, 1.165) is 44.9 Å². The minimum Gasteiger partial charge on any atom is -0.461 e. The summed E-state index contributed by atoms with van der Waals surface area (Å²) in [6, 6.07) is 32.0. The normalized spacial score (nSPS) is 17.9. The summed E-state index contributed by atoms with van der Waals surface area (Å²) in [4.78, 5) is 12.1. The number of rotatable bonds is 5. The van der Waals surface area contributed by atoms with Crippen LogP contribution in [0.3, 0.4) is 0 Å². The van der Waals surface area contributed by atoms with Gasteiger partial charge in [0.05, 0.1) is 23.7 Å². The summed E-state index contributed by atoms with van der Waals surface area (Å²) in [7, 11) is 0. The zero-order chi connectivity index (χ0) is 27.9. The number of para-hydroxylation sites is 1. The van der Waals surface area contributed by atoms with Crippen molar-refractivity contribution in [2.75, 3.05) is 16.6 Å². The predicted octanol–water partition coefficient (Wildman–Crippen LogP) is 7.47. The molecule has 1 atom stereocenters. The molecule has 40 heavy (non-hydrogen) atoms. The summed E-state index contributed by atoms with van der Waals surface area (Å²) in [5.41, 5.74) is 7.64. The second-order valence-electron chi connectivity index (χ2n) is 9.59. The molecular weight excluding hydrogens is 540 g/mol. The van der Waals surface area contributed by atoms with Crippen LogP contribution in [0.4, 0.5) is 11.4 Å². The second-order valence-corrected chi connectivity index (χ2v) is 11.2. The largest absolute Gasteiger partial charge is 0.461 e. The van der Waals surface area contributed by atoms with Gasteiger partial charge in [-0.1, -0.05) is 77.8 Å². The average Bonchev–Trinajstić information content (AvgIpc) is 3.37. The number of hydrogen-bond acceptors (Lipinski definition) is 7. The minimum absolute atomic E-state index is 0.239. The average molecular weight is 567 g/mol. The number of benzene rings is 4. The molecule has 200 valence electrons. The molecule has 6 nitrogen and oxygen atoms in total. The van der Waals surface area contributed by atoms with Gasteiger partial charge in [-0.2, -0.15) is 10.2 Å². The maximum atomic E-state index is 13.2. The van der Waals surface area contributed by atoms with Gasteiger partial charge < -0.3 is 4.74 Å². The Morgan fingerprint density at radius 1 is 0.850 bits per heavy atom. The molecule has 0 aromatic heterocycles. The van der Waals surface area contributed by atoms with Crippen molar-refractivity contribution >= 4 is 51.5 Å². The first-order chi connectivity index (χ1) is 19.4. The van der Waals surface area contributed by atoms with Crippen molar-refractivity contribution in [1.82, 2.24) is 0 Å². The molecule has 0 saturated carbocycles. The standard InChI is InChI=1S/C32H27ClN4O2S/c1-4-39-31(38)30-35-37(25-14-10-11-23(33)20-25)32(40-30)28-16-9-8-15-26(28)29(27-19-21(2)17-18-22(27)3)34-36(32)24-12-6-5-7-13-24/h5-20H,4H2,1-3H3/t32-/m1/s1. The molecule has 0 radical (unpaired) electrons. The van der Waals surface area contributed by atoms with E-state index in [1.54, 1.807) is 6.92 Å². The van der Waals surface area contributed by atoms with E-state index in [0.29, 0.717) is 5.02 Å². The highest BCUT2D eigenvalue weighted by Gasteiger charge is 2.56. The fraction of sp³-hybridized carbons (Fsp3) is 0.156. The van der Waals surface area contributed by atoms with Crippen LogP contribution in [-0.2, 0) is 14.5 Å². The molecule has 6 rings (SSSR count). The van der Waals surface area contributed by atoms with E-state index in [1.165, 1.54) is 11.8 Å². The first-order valence-electron chi connectivity index (χ1n) is 13.0. The van der Waals surface area contributed by atoms with Gasteiger partial charge in [-0.25, -0.2) is 14.8 Å². The van der Waals surface area contributed by atoms with Gasteiger partial charge in [0.2, 0.25) is 10.0 Å². The van der Waals surface area contributed by atoms with Crippen LogP contribution in [0.1, 0.15) is 34.7 Å². The van der Waals surface area contributed by atoms with Crippen molar-refractivity contribution in [3.63, 3.8) is 0 Å². The zero-order valence-electron chi connectivity index (χ0n) is 22.3. The number of esters is 1. The van der Waals surface area contributed by atoms with E-state index in [2.05, 4.69) is 44.2 Å². The molecule has 0 N–H and O–H groups in total. The Morgan fingerprint density at radius 3 is 2.35 bits per heavy atom. The molecule has 0 fully saturated rings. The first-order valence-corrected chi connectivity index (χ1v) is 14.2. The minimum atomic E-state index is -1.08. The van der Waals surface area contributed by atoms with E-state index in [9.17, 15) is 4.79 Å². The van der Waals surface area contributed by atoms with E-state index >= 15 is 0 Å². The smallest absolute Gasteiger partial charge is 0.365 e. The fourth-order valence-electron chi connectivity index (χ4n) is 5.08. The highest BCUT2D eigenvalue weighted by atomic mass is 35.5. The summed E-state index contributed by atoms with van der Waals surface area (Å²) >= 11 is 7.79. The number of carbonyl (C=O) groups is 1. The Bertz CT molecular complexity index is 1670. The number of halogens is 1. The maximum Gasteiger partial charge on any atom is 0.365 e. The van der Waals surface area contributed by atoms with Crippen molar-refractivity contribution in [3.8, 4) is 0 Å². The number of hydrazone groups is 2. The summed E-state index contributed by atoms with van der Waals surface area (Å²) in [5.74, 6) is -0.480. The fourth-order valence-corrected chi connectivity index (χ4v) is 6.55. The van der Waals surface area contributed by atoms with Crippen LogP contribution in [-0.4, -0.2) is 23.3 Å². The highest BCUT2D eigenvalue weighted by Crippen LogP contribution is 2.55. The van der Waals surface area contributed by atoms with E-state index < -0.39 is 11.0 Å². The second kappa shape index (κ2) is 10.5. The lowest BCUT2D eigenvalue weighted by molar-refractivity contribution is -0.134. The molecule has 2 aliphatic heterocycles. The number of anilines is 2. The first kappa shape index (κ1) is 26.2. The van der Waals surface area contributed by atoms with Crippen molar-refractivity contribution in [3.05, 3.63) is 130 Å². The lowest BCUT2D eigenvalue weighted by Crippen LogP contribution is -2.54. The zero-order valence-corrected chi connectivity index (χ0v) is 23.9. The molecule has 1 spiro atoms. The van der Waals surface area contributed by atoms with Gasteiger partial charge in [0.25, 0.3) is 0 Å². The van der Waals surface area contributed by atoms with Gasteiger partial charge in [0.15, 0.2) is 0 Å². The van der Waals surface area contributed by atoms with Gasteiger partial charge in [0.1, 0.15) is 0 Å². The topological polar surface area (TPSA) is 57.5 Å². The van der Waals surface area contributed by atoms with Crippen LogP contribution in [0.15, 0.2) is 107 Å². The number of thioether (sulfide) groups is 1. The van der Waals surface area contributed by atoms with Crippen molar-refractivity contribution in [2.45, 2.75) is 25.8 Å². The molecule has 0 amide bonds. The molecule has 0 saturated heterocycles. The Morgan fingerprint density at radius 2 is 1.57 bits per heavy atom. The number of aryl methyl sites for hydroxylation is 2. The molecule has 0 bridgehead atoms. The van der Waals surface area contributed by atoms with Gasteiger partial charge in [-0.3, -0.25) is 0 Å². The SMILES string of the molecule is CCOC(=O)C1=NN(c2cccc(Cl)c2)[C@@]2(S1)c1ccccc1C(c1cc(C)ccc1C)=NN2c1ccccc1. The van der Waals surface area contributed by atoms with E-state index in [1.807, 2.05) is 76.7 Å². The van der Waals surface area contributed by atoms with E-state index in [-0.39, 0.29) is 11.7 Å². The Labute approximate surface area is 242 Å². The molecule has 4 aromatic rings. The maximum absolute atomic E-state index is 13.2. The lowest BCUT2D eigenvalue weighted by Gasteiger charge is -2.47. The third-order valence-electron chi connectivity index (χ3n) is 6.89. The van der Waals surface area contributed by atoms with Crippen LogP contribution in [0.5, 0.6) is 0 Å². The van der Waals surface area contributed by atoms with Gasteiger partial charge in [-0.05, 0) is 74.5 Å². The van der Waals surface area contributed by atoms with Crippen molar-refractivity contribution in [1.29, 1.82) is 0 Å². The van der Waals surface area contributed by atoms with Crippen molar-refractivity contribution in [2.24, 2.45) is 10.2 Å². The predicted molar refractivity (Wildman–Crippen MR) is 164 cm³/mol. The number of hydrogen-bond donors (Lipinski definition) is 0. The lowest BCUT2D eigenvalue weighted by atomic mass is 9.90. The number of carbonyl (C=O) groups excluding carboxylic acids is 1. The summed E-state index contributed by atoms with van der Waals surface area (Å²) in [5, 5.41) is 14.8. The van der Waals surface area contributed by atoms with Gasteiger partial charge in [0, 0.05) is 21.7 Å². The van der Waals surface area contributed by atoms with Gasteiger partial charge >= 0.3 is 5.97 Å². The molecule has 8 heteroatoms. The summed E-state index contributed by atoms with van der Waals surface area (Å²) < 4.78 is 5.42. The third kappa shape index (κ3) is 4.35. The number of fused-ring (bicyclic) bond motifs is 2. The van der Waals surface area contributed by atoms with Crippen LogP contribution in [0, 0.1) is 13.8 Å². The third-order valence-corrected chi connectivity index (χ3v) is 8.42. The molecule has 0 unspecified atom stereocenters. The summed E-state index contributed by atoms with van der Waals surface area (Å²) in [6.07, 6.45) is 0. The molecule has 2 aliphatic rings.